The Hall–Kier alpha value is -1.77. The highest BCUT2D eigenvalue weighted by atomic mass is 35.5. The molecule has 6 nitrogen and oxygen atoms in total. The molecule has 0 unspecified atom stereocenters. The molecular weight excluding hydrogens is 422 g/mol. The van der Waals surface area contributed by atoms with Crippen LogP contribution in [-0.4, -0.2) is 34.3 Å². The molecule has 1 aliphatic carbocycles. The summed E-state index contributed by atoms with van der Waals surface area (Å²) in [5.41, 5.74) is -0.844. The number of benzene rings is 1. The van der Waals surface area contributed by atoms with Gasteiger partial charge in [0.2, 0.25) is 5.67 Å². The maximum absolute atomic E-state index is 15.8. The first-order valence-electron chi connectivity index (χ1n) is 9.13. The lowest BCUT2D eigenvalue weighted by Gasteiger charge is -2.34. The van der Waals surface area contributed by atoms with Gasteiger partial charge in [-0.25, -0.2) is 4.39 Å². The van der Waals surface area contributed by atoms with Crippen LogP contribution in [0.3, 0.4) is 0 Å². The number of hydrogen-bond acceptors (Lipinski definition) is 5. The number of carbonyl (C=O) groups excluding carboxylic acids is 1. The molecule has 0 spiro atoms. The van der Waals surface area contributed by atoms with Crippen LogP contribution in [0.4, 0.5) is 4.39 Å². The van der Waals surface area contributed by atoms with Gasteiger partial charge in [0.25, 0.3) is 5.91 Å². The van der Waals surface area contributed by atoms with E-state index >= 15 is 4.39 Å². The first-order valence-corrected chi connectivity index (χ1v) is 9.89. The summed E-state index contributed by atoms with van der Waals surface area (Å²) in [4.78, 5) is 17.0. The van der Waals surface area contributed by atoms with E-state index in [-0.39, 0.29) is 49.8 Å². The number of ether oxygens (including phenoxy) is 1. The largest absolute Gasteiger partial charge is 0.394 e. The first kappa shape index (κ1) is 21.9. The van der Waals surface area contributed by atoms with Crippen molar-refractivity contribution in [3.8, 4) is 0 Å². The van der Waals surface area contributed by atoms with Crippen molar-refractivity contribution in [1.82, 2.24) is 10.3 Å². The van der Waals surface area contributed by atoms with Gasteiger partial charge >= 0.3 is 0 Å². The average Bonchev–Trinajstić information content (AvgIpc) is 2.72. The second-order valence-corrected chi connectivity index (χ2v) is 7.57. The van der Waals surface area contributed by atoms with Gasteiger partial charge in [-0.2, -0.15) is 0 Å². The van der Waals surface area contributed by atoms with E-state index in [0.29, 0.717) is 21.8 Å². The zero-order chi connectivity index (χ0) is 21.0. The van der Waals surface area contributed by atoms with Crippen LogP contribution in [0.1, 0.15) is 41.3 Å². The van der Waals surface area contributed by atoms with Crippen molar-refractivity contribution >= 4 is 29.1 Å². The first-order chi connectivity index (χ1) is 13.9. The third-order valence-corrected chi connectivity index (χ3v) is 5.50. The Morgan fingerprint density at radius 3 is 2.90 bits per heavy atom. The number of fused-ring (bicyclic) bond motifs is 1. The summed E-state index contributed by atoms with van der Waals surface area (Å²) in [6.07, 6.45) is 1.19. The zero-order valence-electron chi connectivity index (χ0n) is 15.5. The van der Waals surface area contributed by atoms with E-state index in [4.69, 9.17) is 33.0 Å². The van der Waals surface area contributed by atoms with Gasteiger partial charge < -0.3 is 20.3 Å². The van der Waals surface area contributed by atoms with Gasteiger partial charge in [0.15, 0.2) is 0 Å². The molecule has 0 bridgehead atoms. The van der Waals surface area contributed by atoms with Gasteiger partial charge in [-0.3, -0.25) is 9.78 Å². The summed E-state index contributed by atoms with van der Waals surface area (Å²) in [6.45, 7) is -0.431. The van der Waals surface area contributed by atoms with Crippen LogP contribution < -0.4 is 5.32 Å². The molecule has 0 fully saturated rings. The molecule has 0 saturated carbocycles. The number of aliphatic hydroxyl groups excluding tert-OH is 2. The fourth-order valence-corrected chi connectivity index (χ4v) is 4.11. The minimum atomic E-state index is -2.28. The SMILES string of the molecule is O=C(NCc1c(Cl)cc(Cl)cc1CO)[C@]1(F)CC[C@H](OCCO)c2ncccc21. The monoisotopic (exact) mass is 442 g/mol. The van der Waals surface area contributed by atoms with Crippen molar-refractivity contribution in [1.29, 1.82) is 0 Å². The van der Waals surface area contributed by atoms with Gasteiger partial charge in [0.1, 0.15) is 6.10 Å². The maximum atomic E-state index is 15.8. The molecular formula is C20H21Cl2FN2O4. The molecule has 29 heavy (non-hydrogen) atoms. The molecule has 0 radical (unpaired) electrons. The van der Waals surface area contributed by atoms with E-state index in [1.54, 1.807) is 12.1 Å². The number of amides is 1. The lowest BCUT2D eigenvalue weighted by Crippen LogP contribution is -2.44. The molecule has 1 heterocycles. The molecule has 1 aromatic carbocycles. The smallest absolute Gasteiger partial charge is 0.262 e. The van der Waals surface area contributed by atoms with E-state index in [1.165, 1.54) is 18.3 Å². The summed E-state index contributed by atoms with van der Waals surface area (Å²) in [5, 5.41) is 21.7. The van der Waals surface area contributed by atoms with Crippen molar-refractivity contribution in [2.24, 2.45) is 0 Å². The van der Waals surface area contributed by atoms with Crippen molar-refractivity contribution in [3.63, 3.8) is 0 Å². The third kappa shape index (κ3) is 4.54. The molecule has 1 aromatic heterocycles. The molecule has 0 saturated heterocycles. The standard InChI is InChI=1S/C20H21Cl2FN2O4/c21-13-8-12(11-27)14(16(22)9-13)10-25-19(28)20(23)4-3-17(29-7-6-26)18-15(20)2-1-5-24-18/h1-2,5,8-9,17,26-27H,3-4,6-7,10-11H2,(H,25,28)/t17-,20-/m0/s1. The Morgan fingerprint density at radius 2 is 2.17 bits per heavy atom. The summed E-state index contributed by atoms with van der Waals surface area (Å²) in [6, 6.07) is 6.13. The fraction of sp³-hybridized carbons (Fsp3) is 0.400. The van der Waals surface area contributed by atoms with Crippen molar-refractivity contribution in [2.75, 3.05) is 13.2 Å². The van der Waals surface area contributed by atoms with Crippen LogP contribution in [0.2, 0.25) is 10.0 Å². The highest BCUT2D eigenvalue weighted by Gasteiger charge is 2.47. The summed E-state index contributed by atoms with van der Waals surface area (Å²) < 4.78 is 21.4. The minimum absolute atomic E-state index is 0.0591. The number of alkyl halides is 1. The number of nitrogens with zero attached hydrogens (tertiary/aromatic N) is 1. The van der Waals surface area contributed by atoms with Gasteiger partial charge in [-0.05, 0) is 42.2 Å². The molecule has 156 valence electrons. The molecule has 2 atom stereocenters. The number of pyridine rings is 1. The van der Waals surface area contributed by atoms with E-state index in [1.807, 2.05) is 0 Å². The molecule has 1 aliphatic rings. The number of aliphatic hydroxyl groups is 2. The average molecular weight is 443 g/mol. The van der Waals surface area contributed by atoms with Crippen LogP contribution in [0, 0.1) is 0 Å². The number of rotatable bonds is 7. The van der Waals surface area contributed by atoms with E-state index in [9.17, 15) is 9.90 Å². The summed E-state index contributed by atoms with van der Waals surface area (Å²) in [5.74, 6) is -0.817. The Morgan fingerprint density at radius 1 is 1.38 bits per heavy atom. The number of aromatic nitrogens is 1. The number of hydrogen-bond donors (Lipinski definition) is 3. The van der Waals surface area contributed by atoms with Crippen LogP contribution in [0.15, 0.2) is 30.5 Å². The van der Waals surface area contributed by atoms with Crippen LogP contribution >= 0.6 is 23.2 Å². The van der Waals surface area contributed by atoms with Crippen molar-refractivity contribution < 1.29 is 24.1 Å². The van der Waals surface area contributed by atoms with E-state index in [0.717, 1.165) is 0 Å². The summed E-state index contributed by atoms with van der Waals surface area (Å²) in [7, 11) is 0. The van der Waals surface area contributed by atoms with Gasteiger partial charge in [-0.1, -0.05) is 29.3 Å². The Balaban J connectivity index is 1.82. The molecule has 1 amide bonds. The zero-order valence-corrected chi connectivity index (χ0v) is 17.0. The second-order valence-electron chi connectivity index (χ2n) is 6.73. The Kier molecular flexibility index (Phi) is 7.08. The predicted molar refractivity (Wildman–Crippen MR) is 106 cm³/mol. The topological polar surface area (TPSA) is 91.7 Å². The quantitative estimate of drug-likeness (QED) is 0.612. The van der Waals surface area contributed by atoms with Crippen molar-refractivity contribution in [3.05, 3.63) is 62.9 Å². The fourth-order valence-electron chi connectivity index (χ4n) is 3.51. The minimum Gasteiger partial charge on any atom is -0.394 e. The van der Waals surface area contributed by atoms with Crippen LogP contribution in [0.5, 0.6) is 0 Å². The third-order valence-electron chi connectivity index (χ3n) is 4.94. The lowest BCUT2D eigenvalue weighted by molar-refractivity contribution is -0.136. The highest BCUT2D eigenvalue weighted by molar-refractivity contribution is 6.35. The maximum Gasteiger partial charge on any atom is 0.262 e. The summed E-state index contributed by atoms with van der Waals surface area (Å²) >= 11 is 12.1. The Labute approximate surface area is 177 Å². The normalized spacial score (nSPS) is 20.9. The predicted octanol–water partition coefficient (Wildman–Crippen LogP) is 3.21. The second kappa shape index (κ2) is 9.36. The molecule has 2 aromatic rings. The number of nitrogens with one attached hydrogen (secondary N) is 1. The Bertz CT molecular complexity index is 899. The van der Waals surface area contributed by atoms with Gasteiger partial charge in [-0.15, -0.1) is 0 Å². The highest BCUT2D eigenvalue weighted by Crippen LogP contribution is 2.43. The molecule has 0 aliphatic heterocycles. The van der Waals surface area contributed by atoms with Crippen LogP contribution in [-0.2, 0) is 28.4 Å². The number of halogens is 3. The molecule has 3 rings (SSSR count). The number of carbonyl (C=O) groups is 1. The molecule has 9 heteroatoms. The van der Waals surface area contributed by atoms with E-state index < -0.39 is 17.7 Å². The molecule has 3 N–H and O–H groups in total. The van der Waals surface area contributed by atoms with Crippen molar-refractivity contribution in [2.45, 2.75) is 37.8 Å². The van der Waals surface area contributed by atoms with Crippen LogP contribution in [0.25, 0.3) is 0 Å². The van der Waals surface area contributed by atoms with Gasteiger partial charge in [0.05, 0.1) is 25.5 Å². The van der Waals surface area contributed by atoms with Gasteiger partial charge in [0, 0.05) is 28.4 Å². The lowest BCUT2D eigenvalue weighted by atomic mass is 9.80. The van der Waals surface area contributed by atoms with E-state index in [2.05, 4.69) is 10.3 Å².